The topological polar surface area (TPSA) is 46.3 Å². The molecule has 0 unspecified atom stereocenters. The van der Waals surface area contributed by atoms with Crippen molar-refractivity contribution in [2.45, 2.75) is 63.6 Å². The SMILES string of the molecule is NCCN(C(=O)C1CCC(C(F)(F)F)CC1)C1CCCC1. The van der Waals surface area contributed by atoms with E-state index in [0.717, 1.165) is 25.7 Å². The lowest BCUT2D eigenvalue weighted by Crippen LogP contribution is -2.46. The van der Waals surface area contributed by atoms with Crippen LogP contribution in [0.2, 0.25) is 0 Å². The van der Waals surface area contributed by atoms with E-state index in [1.807, 2.05) is 4.90 Å². The Labute approximate surface area is 124 Å². The number of amides is 1. The summed E-state index contributed by atoms with van der Waals surface area (Å²) in [5.41, 5.74) is 5.60. The van der Waals surface area contributed by atoms with Crippen LogP contribution >= 0.6 is 0 Å². The summed E-state index contributed by atoms with van der Waals surface area (Å²) in [6.45, 7) is 0.947. The minimum atomic E-state index is -4.11. The van der Waals surface area contributed by atoms with Crippen molar-refractivity contribution in [3.63, 3.8) is 0 Å². The summed E-state index contributed by atoms with van der Waals surface area (Å²) < 4.78 is 38.0. The van der Waals surface area contributed by atoms with Gasteiger partial charge in [-0.1, -0.05) is 12.8 Å². The molecule has 0 spiro atoms. The molecule has 0 atom stereocenters. The third kappa shape index (κ3) is 4.11. The van der Waals surface area contributed by atoms with Gasteiger partial charge in [-0.2, -0.15) is 13.2 Å². The van der Waals surface area contributed by atoms with Crippen molar-refractivity contribution in [3.05, 3.63) is 0 Å². The van der Waals surface area contributed by atoms with Gasteiger partial charge in [0.2, 0.25) is 5.91 Å². The summed E-state index contributed by atoms with van der Waals surface area (Å²) in [5, 5.41) is 0. The molecule has 0 aromatic carbocycles. The average Bonchev–Trinajstić information content (AvgIpc) is 2.97. The van der Waals surface area contributed by atoms with Gasteiger partial charge in [0.05, 0.1) is 5.92 Å². The lowest BCUT2D eigenvalue weighted by atomic mass is 9.81. The molecule has 0 saturated heterocycles. The van der Waals surface area contributed by atoms with Gasteiger partial charge in [0, 0.05) is 25.0 Å². The second-order valence-electron chi connectivity index (χ2n) is 6.35. The molecule has 2 fully saturated rings. The molecule has 6 heteroatoms. The summed E-state index contributed by atoms with van der Waals surface area (Å²) in [4.78, 5) is 14.5. The minimum Gasteiger partial charge on any atom is -0.338 e. The monoisotopic (exact) mass is 306 g/mol. The van der Waals surface area contributed by atoms with Gasteiger partial charge in [-0.15, -0.1) is 0 Å². The van der Waals surface area contributed by atoms with Crippen LogP contribution in [0.4, 0.5) is 13.2 Å². The quantitative estimate of drug-likeness (QED) is 0.867. The maximum atomic E-state index is 12.7. The van der Waals surface area contributed by atoms with E-state index in [1.54, 1.807) is 0 Å². The number of hydrogen-bond acceptors (Lipinski definition) is 2. The summed E-state index contributed by atoms with van der Waals surface area (Å²) in [6, 6.07) is 0.251. The van der Waals surface area contributed by atoms with E-state index in [1.165, 1.54) is 0 Å². The number of alkyl halides is 3. The summed E-state index contributed by atoms with van der Waals surface area (Å²) in [6.07, 6.45) is 1.03. The number of carbonyl (C=O) groups is 1. The largest absolute Gasteiger partial charge is 0.391 e. The zero-order valence-corrected chi connectivity index (χ0v) is 12.4. The van der Waals surface area contributed by atoms with E-state index in [9.17, 15) is 18.0 Å². The fourth-order valence-electron chi connectivity index (χ4n) is 3.73. The normalized spacial score (nSPS) is 27.8. The molecule has 0 radical (unpaired) electrons. The maximum absolute atomic E-state index is 12.7. The summed E-state index contributed by atoms with van der Waals surface area (Å²) >= 11 is 0. The zero-order valence-electron chi connectivity index (χ0n) is 12.4. The molecule has 0 bridgehead atoms. The molecular weight excluding hydrogens is 281 g/mol. The Bertz CT molecular complexity index is 345. The molecule has 2 aliphatic carbocycles. The van der Waals surface area contributed by atoms with Crippen LogP contribution in [-0.2, 0) is 4.79 Å². The predicted octanol–water partition coefficient (Wildman–Crippen LogP) is 3.09. The van der Waals surface area contributed by atoms with Crippen molar-refractivity contribution in [3.8, 4) is 0 Å². The Morgan fingerprint density at radius 1 is 1.05 bits per heavy atom. The maximum Gasteiger partial charge on any atom is 0.391 e. The third-order valence-electron chi connectivity index (χ3n) is 4.96. The van der Waals surface area contributed by atoms with Crippen molar-refractivity contribution in [1.29, 1.82) is 0 Å². The average molecular weight is 306 g/mol. The summed E-state index contributed by atoms with van der Waals surface area (Å²) in [5.74, 6) is -1.43. The van der Waals surface area contributed by atoms with Gasteiger partial charge in [-0.3, -0.25) is 4.79 Å². The van der Waals surface area contributed by atoms with Crippen molar-refractivity contribution >= 4 is 5.91 Å². The van der Waals surface area contributed by atoms with Crippen molar-refractivity contribution in [2.24, 2.45) is 17.6 Å². The lowest BCUT2D eigenvalue weighted by molar-refractivity contribution is -0.185. The van der Waals surface area contributed by atoms with Crippen molar-refractivity contribution in [2.75, 3.05) is 13.1 Å². The van der Waals surface area contributed by atoms with Gasteiger partial charge in [-0.25, -0.2) is 0 Å². The Balaban J connectivity index is 1.92. The first-order chi connectivity index (χ1) is 9.93. The van der Waals surface area contributed by atoms with E-state index in [-0.39, 0.29) is 30.7 Å². The molecule has 2 rings (SSSR count). The standard InChI is InChI=1S/C15H25F3N2O/c16-15(17,18)12-7-5-11(6-8-12)14(21)20(10-9-19)13-3-1-2-4-13/h11-13H,1-10,19H2. The number of carbonyl (C=O) groups excluding carboxylic acids is 1. The second-order valence-corrected chi connectivity index (χ2v) is 6.35. The van der Waals surface area contributed by atoms with Gasteiger partial charge in [0.25, 0.3) is 0 Å². The number of nitrogens with zero attached hydrogens (tertiary/aromatic N) is 1. The molecule has 21 heavy (non-hydrogen) atoms. The fraction of sp³-hybridized carbons (Fsp3) is 0.933. The molecule has 0 aromatic rings. The van der Waals surface area contributed by atoms with Gasteiger partial charge in [-0.05, 0) is 38.5 Å². The predicted molar refractivity (Wildman–Crippen MR) is 74.5 cm³/mol. The Morgan fingerprint density at radius 2 is 1.62 bits per heavy atom. The minimum absolute atomic E-state index is 0.0352. The van der Waals surface area contributed by atoms with Crippen molar-refractivity contribution in [1.82, 2.24) is 4.90 Å². The van der Waals surface area contributed by atoms with E-state index < -0.39 is 12.1 Å². The third-order valence-corrected chi connectivity index (χ3v) is 4.96. The van der Waals surface area contributed by atoms with E-state index in [4.69, 9.17) is 5.73 Å². The highest BCUT2D eigenvalue weighted by Crippen LogP contribution is 2.40. The molecule has 122 valence electrons. The first-order valence-electron chi connectivity index (χ1n) is 8.00. The highest BCUT2D eigenvalue weighted by molar-refractivity contribution is 5.79. The molecule has 0 aromatic heterocycles. The van der Waals surface area contributed by atoms with E-state index in [2.05, 4.69) is 0 Å². The Hall–Kier alpha value is -0.780. The smallest absolute Gasteiger partial charge is 0.338 e. The van der Waals surface area contributed by atoms with Gasteiger partial charge in [0.1, 0.15) is 0 Å². The number of hydrogen-bond donors (Lipinski definition) is 1. The van der Waals surface area contributed by atoms with Crippen LogP contribution in [0.25, 0.3) is 0 Å². The van der Waals surface area contributed by atoms with Gasteiger partial charge in [0.15, 0.2) is 0 Å². The van der Waals surface area contributed by atoms with E-state index in [0.29, 0.717) is 25.9 Å². The first-order valence-corrected chi connectivity index (χ1v) is 8.00. The lowest BCUT2D eigenvalue weighted by Gasteiger charge is -2.35. The zero-order chi connectivity index (χ0) is 15.5. The number of rotatable bonds is 4. The van der Waals surface area contributed by atoms with E-state index >= 15 is 0 Å². The van der Waals surface area contributed by atoms with Crippen LogP contribution in [0.5, 0.6) is 0 Å². The molecule has 0 aliphatic heterocycles. The Morgan fingerprint density at radius 3 is 2.10 bits per heavy atom. The van der Waals surface area contributed by atoms with Crippen LogP contribution in [0.15, 0.2) is 0 Å². The molecular formula is C15H25F3N2O. The molecule has 2 aliphatic rings. The molecule has 1 amide bonds. The van der Waals surface area contributed by atoms with Crippen LogP contribution < -0.4 is 5.73 Å². The summed E-state index contributed by atoms with van der Waals surface area (Å²) in [7, 11) is 0. The fourth-order valence-corrected chi connectivity index (χ4v) is 3.73. The van der Waals surface area contributed by atoms with Crippen molar-refractivity contribution < 1.29 is 18.0 Å². The van der Waals surface area contributed by atoms with Crippen LogP contribution in [0, 0.1) is 11.8 Å². The van der Waals surface area contributed by atoms with Gasteiger partial charge < -0.3 is 10.6 Å². The molecule has 2 N–H and O–H groups in total. The number of nitrogens with two attached hydrogens (primary N) is 1. The highest BCUT2D eigenvalue weighted by Gasteiger charge is 2.43. The Kier molecular flexibility index (Phi) is 5.52. The van der Waals surface area contributed by atoms with Gasteiger partial charge >= 0.3 is 6.18 Å². The molecule has 0 heterocycles. The van der Waals surface area contributed by atoms with Crippen LogP contribution in [-0.4, -0.2) is 36.1 Å². The second kappa shape index (κ2) is 6.99. The molecule has 3 nitrogen and oxygen atoms in total. The van der Waals surface area contributed by atoms with Crippen LogP contribution in [0.3, 0.4) is 0 Å². The highest BCUT2D eigenvalue weighted by atomic mass is 19.4. The first kappa shape index (κ1) is 16.6. The van der Waals surface area contributed by atoms with Crippen LogP contribution in [0.1, 0.15) is 51.4 Å². The number of halogens is 3. The molecule has 2 saturated carbocycles.